The number of nitrogens with zero attached hydrogens (tertiary/aromatic N) is 2. The number of hydrogen-bond donors (Lipinski definition) is 1. The number of ether oxygens (including phenoxy) is 1. The second-order valence-electron chi connectivity index (χ2n) is 6.26. The maximum absolute atomic E-state index is 5.67. The average Bonchev–Trinajstić information content (AvgIpc) is 2.88. The van der Waals surface area contributed by atoms with Crippen molar-refractivity contribution in [2.45, 2.75) is 58.6 Å². The van der Waals surface area contributed by atoms with Crippen molar-refractivity contribution in [2.75, 3.05) is 5.32 Å². The molecule has 3 rings (SSSR count). The molecule has 1 heterocycles. The van der Waals surface area contributed by atoms with E-state index in [2.05, 4.69) is 15.3 Å². The van der Waals surface area contributed by atoms with E-state index in [0.717, 1.165) is 23.5 Å². The van der Waals surface area contributed by atoms with Crippen LogP contribution in [0.3, 0.4) is 0 Å². The van der Waals surface area contributed by atoms with E-state index < -0.39 is 0 Å². The van der Waals surface area contributed by atoms with Crippen molar-refractivity contribution in [3.05, 3.63) is 11.8 Å². The van der Waals surface area contributed by atoms with Gasteiger partial charge in [-0.2, -0.15) is 4.98 Å². The summed E-state index contributed by atoms with van der Waals surface area (Å²) in [4.78, 5) is 8.96. The number of aromatic nitrogens is 2. The van der Waals surface area contributed by atoms with Crippen LogP contribution in [-0.2, 0) is 0 Å². The number of rotatable bonds is 4. The molecule has 3 atom stereocenters. The van der Waals surface area contributed by atoms with Crippen LogP contribution >= 0.6 is 0 Å². The Balaban J connectivity index is 1.71. The fourth-order valence-electron chi connectivity index (χ4n) is 3.49. The molecule has 0 spiro atoms. The highest BCUT2D eigenvalue weighted by atomic mass is 16.5. The zero-order chi connectivity index (χ0) is 13.4. The van der Waals surface area contributed by atoms with Gasteiger partial charge in [-0.1, -0.05) is 6.42 Å². The molecule has 0 saturated heterocycles. The third kappa shape index (κ3) is 2.82. The van der Waals surface area contributed by atoms with E-state index in [9.17, 15) is 0 Å². The lowest BCUT2D eigenvalue weighted by Gasteiger charge is -2.23. The maximum atomic E-state index is 5.67. The molecule has 4 heteroatoms. The molecule has 19 heavy (non-hydrogen) atoms. The minimum Gasteiger partial charge on any atom is -0.475 e. The van der Waals surface area contributed by atoms with Crippen molar-refractivity contribution in [3.8, 4) is 5.88 Å². The highest BCUT2D eigenvalue weighted by Crippen LogP contribution is 2.45. The summed E-state index contributed by atoms with van der Waals surface area (Å²) in [6.07, 6.45) is 5.59. The van der Waals surface area contributed by atoms with Crippen molar-refractivity contribution >= 4 is 5.95 Å². The second kappa shape index (κ2) is 4.99. The summed E-state index contributed by atoms with van der Waals surface area (Å²) in [7, 11) is 0. The van der Waals surface area contributed by atoms with E-state index >= 15 is 0 Å². The van der Waals surface area contributed by atoms with Crippen LogP contribution in [0.5, 0.6) is 5.88 Å². The molecule has 0 aromatic carbocycles. The molecule has 2 saturated carbocycles. The van der Waals surface area contributed by atoms with E-state index in [-0.39, 0.29) is 6.10 Å². The van der Waals surface area contributed by atoms with Gasteiger partial charge in [-0.25, -0.2) is 4.98 Å². The minimum absolute atomic E-state index is 0.143. The van der Waals surface area contributed by atoms with Gasteiger partial charge in [0.2, 0.25) is 11.8 Å². The normalized spacial score (nSPS) is 28.9. The van der Waals surface area contributed by atoms with Gasteiger partial charge < -0.3 is 10.1 Å². The molecular weight excluding hydrogens is 238 g/mol. The predicted octanol–water partition coefficient (Wildman–Crippen LogP) is 3.17. The standard InChI is InChI=1S/C15H23N3O/c1-9(2)19-14-6-10(3)16-15(18-14)17-13-8-11-4-5-12(13)7-11/h6,9,11-13H,4-5,7-8H2,1-3H3,(H,16,17,18). The third-order valence-corrected chi connectivity index (χ3v) is 4.24. The molecule has 1 aromatic heterocycles. The smallest absolute Gasteiger partial charge is 0.226 e. The van der Waals surface area contributed by atoms with Crippen LogP contribution in [0, 0.1) is 18.8 Å². The first kappa shape index (κ1) is 12.7. The van der Waals surface area contributed by atoms with E-state index in [0.29, 0.717) is 11.9 Å². The highest BCUT2D eigenvalue weighted by Gasteiger charge is 2.39. The molecule has 4 nitrogen and oxygen atoms in total. The van der Waals surface area contributed by atoms with Crippen LogP contribution in [0.1, 0.15) is 45.2 Å². The Morgan fingerprint density at radius 2 is 2.11 bits per heavy atom. The predicted molar refractivity (Wildman–Crippen MR) is 75.4 cm³/mol. The molecule has 2 fully saturated rings. The van der Waals surface area contributed by atoms with Crippen molar-refractivity contribution < 1.29 is 4.74 Å². The molecule has 0 aliphatic heterocycles. The monoisotopic (exact) mass is 261 g/mol. The van der Waals surface area contributed by atoms with Crippen LogP contribution < -0.4 is 10.1 Å². The Kier molecular flexibility index (Phi) is 3.33. The fraction of sp³-hybridized carbons (Fsp3) is 0.733. The quantitative estimate of drug-likeness (QED) is 0.904. The summed E-state index contributed by atoms with van der Waals surface area (Å²) in [6.45, 7) is 6.02. The Bertz CT molecular complexity index is 461. The minimum atomic E-state index is 0.143. The summed E-state index contributed by atoms with van der Waals surface area (Å²) in [5, 5.41) is 3.52. The Morgan fingerprint density at radius 1 is 1.26 bits per heavy atom. The zero-order valence-electron chi connectivity index (χ0n) is 12.0. The zero-order valence-corrected chi connectivity index (χ0v) is 12.0. The van der Waals surface area contributed by atoms with Crippen LogP contribution in [-0.4, -0.2) is 22.1 Å². The highest BCUT2D eigenvalue weighted by molar-refractivity contribution is 5.32. The van der Waals surface area contributed by atoms with E-state index in [4.69, 9.17) is 4.74 Å². The van der Waals surface area contributed by atoms with Gasteiger partial charge in [-0.15, -0.1) is 0 Å². The summed E-state index contributed by atoms with van der Waals surface area (Å²) in [6, 6.07) is 2.46. The van der Waals surface area contributed by atoms with Crippen LogP contribution in [0.15, 0.2) is 6.07 Å². The summed E-state index contributed by atoms with van der Waals surface area (Å²) in [5.41, 5.74) is 0.955. The molecule has 2 aliphatic rings. The Hall–Kier alpha value is -1.32. The third-order valence-electron chi connectivity index (χ3n) is 4.24. The molecule has 1 N–H and O–H groups in total. The van der Waals surface area contributed by atoms with Gasteiger partial charge in [-0.3, -0.25) is 0 Å². The van der Waals surface area contributed by atoms with Gasteiger partial charge in [0.15, 0.2) is 0 Å². The number of hydrogen-bond acceptors (Lipinski definition) is 4. The fourth-order valence-corrected chi connectivity index (χ4v) is 3.49. The molecule has 2 bridgehead atoms. The van der Waals surface area contributed by atoms with Crippen molar-refractivity contribution in [1.29, 1.82) is 0 Å². The SMILES string of the molecule is Cc1cc(OC(C)C)nc(NC2CC3CCC2C3)n1. The van der Waals surface area contributed by atoms with Crippen molar-refractivity contribution in [1.82, 2.24) is 9.97 Å². The number of anilines is 1. The molecular formula is C15H23N3O. The molecule has 104 valence electrons. The maximum Gasteiger partial charge on any atom is 0.226 e. The van der Waals surface area contributed by atoms with E-state index in [1.807, 2.05) is 26.8 Å². The number of nitrogens with one attached hydrogen (secondary N) is 1. The van der Waals surface area contributed by atoms with Crippen LogP contribution in [0.4, 0.5) is 5.95 Å². The lowest BCUT2D eigenvalue weighted by molar-refractivity contribution is 0.232. The van der Waals surface area contributed by atoms with Crippen molar-refractivity contribution in [2.24, 2.45) is 11.8 Å². The van der Waals surface area contributed by atoms with Crippen LogP contribution in [0.25, 0.3) is 0 Å². The summed E-state index contributed by atoms with van der Waals surface area (Å²) >= 11 is 0. The largest absolute Gasteiger partial charge is 0.475 e. The van der Waals surface area contributed by atoms with Gasteiger partial charge >= 0.3 is 0 Å². The summed E-state index contributed by atoms with van der Waals surface area (Å²) in [5.74, 6) is 3.16. The molecule has 2 aliphatic carbocycles. The second-order valence-corrected chi connectivity index (χ2v) is 6.26. The lowest BCUT2D eigenvalue weighted by atomic mass is 9.95. The Labute approximate surface area is 115 Å². The van der Waals surface area contributed by atoms with Crippen LogP contribution in [0.2, 0.25) is 0 Å². The molecule has 0 radical (unpaired) electrons. The van der Waals surface area contributed by atoms with Gasteiger partial charge in [0.05, 0.1) is 6.10 Å². The number of fused-ring (bicyclic) bond motifs is 2. The first-order valence-corrected chi connectivity index (χ1v) is 7.39. The topological polar surface area (TPSA) is 47.0 Å². The van der Waals surface area contributed by atoms with Gasteiger partial charge in [-0.05, 0) is 51.9 Å². The van der Waals surface area contributed by atoms with Crippen molar-refractivity contribution in [3.63, 3.8) is 0 Å². The van der Waals surface area contributed by atoms with Gasteiger partial charge in [0, 0.05) is 17.8 Å². The summed E-state index contributed by atoms with van der Waals surface area (Å²) < 4.78 is 5.67. The average molecular weight is 261 g/mol. The first-order valence-electron chi connectivity index (χ1n) is 7.39. The first-order chi connectivity index (χ1) is 9.10. The molecule has 3 unspecified atom stereocenters. The lowest BCUT2D eigenvalue weighted by Crippen LogP contribution is -2.27. The molecule has 0 amide bonds. The Morgan fingerprint density at radius 3 is 2.74 bits per heavy atom. The van der Waals surface area contributed by atoms with E-state index in [1.54, 1.807) is 0 Å². The van der Waals surface area contributed by atoms with Gasteiger partial charge in [0.1, 0.15) is 0 Å². The van der Waals surface area contributed by atoms with Gasteiger partial charge in [0.25, 0.3) is 0 Å². The molecule has 1 aromatic rings. The van der Waals surface area contributed by atoms with E-state index in [1.165, 1.54) is 25.7 Å². The number of aryl methyl sites for hydroxylation is 1.